The fraction of sp³-hybridized carbons (Fsp3) is 0.688. The van der Waals surface area contributed by atoms with E-state index in [1.165, 1.54) is 30.3 Å². The van der Waals surface area contributed by atoms with E-state index >= 15 is 0 Å². The highest BCUT2D eigenvalue weighted by Gasteiger charge is 2.21. The largest absolute Gasteiger partial charge is 0.330 e. The van der Waals surface area contributed by atoms with Gasteiger partial charge >= 0.3 is 5.69 Å². The van der Waals surface area contributed by atoms with Crippen LogP contribution in [0, 0.1) is 23.4 Å². The summed E-state index contributed by atoms with van der Waals surface area (Å²) in [6.45, 7) is 4.12. The maximum absolute atomic E-state index is 12.1. The van der Waals surface area contributed by atoms with E-state index in [1.54, 1.807) is 18.7 Å². The number of aromatic nitrogens is 2. The van der Waals surface area contributed by atoms with Crippen LogP contribution in [-0.4, -0.2) is 15.3 Å². The molecule has 1 aromatic heterocycles. The minimum Gasteiger partial charge on any atom is -0.287 e. The van der Waals surface area contributed by atoms with E-state index in [-0.39, 0.29) is 5.69 Å². The first-order valence-corrected chi connectivity index (χ1v) is 8.17. The lowest BCUT2D eigenvalue weighted by atomic mass is 10.00. The quantitative estimate of drug-likeness (QED) is 0.594. The second kappa shape index (κ2) is 6.69. The Morgan fingerprint density at radius 3 is 2.62 bits per heavy atom. The first-order valence-electron chi connectivity index (χ1n) is 7.76. The summed E-state index contributed by atoms with van der Waals surface area (Å²) in [6.07, 6.45) is 8.40. The van der Waals surface area contributed by atoms with Crippen molar-refractivity contribution in [2.75, 3.05) is 0 Å². The molecule has 1 aromatic rings. The molecule has 5 heteroatoms. The summed E-state index contributed by atoms with van der Waals surface area (Å²) in [6, 6.07) is 0. The van der Waals surface area contributed by atoms with Crippen molar-refractivity contribution in [3.05, 3.63) is 20.7 Å². The van der Waals surface area contributed by atoms with Gasteiger partial charge in [0.25, 0.3) is 0 Å². The number of nitrogens with zero attached hydrogens (tertiary/aromatic N) is 3. The Hall–Kier alpha value is -1.23. The van der Waals surface area contributed by atoms with Gasteiger partial charge in [-0.15, -0.1) is 0 Å². The van der Waals surface area contributed by atoms with Gasteiger partial charge in [0.05, 0.1) is 0 Å². The van der Waals surface area contributed by atoms with Gasteiger partial charge in [0.2, 0.25) is 0 Å². The smallest absolute Gasteiger partial charge is 0.287 e. The molecule has 2 rings (SSSR count). The zero-order chi connectivity index (χ0) is 15.6. The lowest BCUT2D eigenvalue weighted by molar-refractivity contribution is 0.552. The topological polar surface area (TPSA) is 39.3 Å². The highest BCUT2D eigenvalue weighted by atomic mass is 32.1. The summed E-state index contributed by atoms with van der Waals surface area (Å²) in [4.78, 5) is 16.7. The number of rotatable bonds is 6. The Kier molecular flexibility index (Phi) is 5.14. The molecule has 0 aromatic carbocycles. The lowest BCUT2D eigenvalue weighted by Crippen LogP contribution is -2.28. The van der Waals surface area contributed by atoms with Gasteiger partial charge in [-0.3, -0.25) is 9.13 Å². The molecule has 116 valence electrons. The van der Waals surface area contributed by atoms with Crippen molar-refractivity contribution in [1.82, 2.24) is 9.13 Å². The third kappa shape index (κ3) is 3.70. The van der Waals surface area contributed by atoms with Crippen LogP contribution in [0.25, 0.3) is 0 Å². The molecule has 0 radical (unpaired) electrons. The average molecular weight is 307 g/mol. The van der Waals surface area contributed by atoms with E-state index in [0.717, 1.165) is 17.9 Å². The Morgan fingerprint density at radius 1 is 1.38 bits per heavy atom. The zero-order valence-electron chi connectivity index (χ0n) is 13.4. The molecule has 0 N–H and O–H groups in total. The number of hydrogen-bond donors (Lipinski definition) is 0. The van der Waals surface area contributed by atoms with Crippen LogP contribution >= 0.6 is 12.2 Å². The standard InChI is InChI=1S/C16H25N3OS/c1-5-12(6-7-13-8-9-13)10-17-14-11(2)15(21)19(4)16(20)18(14)3/h10,12-13H,5-9H2,1-4H3/b17-10-. The molecule has 1 aliphatic rings. The van der Waals surface area contributed by atoms with E-state index in [2.05, 4.69) is 11.9 Å². The first kappa shape index (κ1) is 16.1. The van der Waals surface area contributed by atoms with Crippen molar-refractivity contribution in [2.24, 2.45) is 30.9 Å². The molecule has 0 bridgehead atoms. The fourth-order valence-corrected chi connectivity index (χ4v) is 2.77. The molecule has 0 spiro atoms. The third-order valence-corrected chi connectivity index (χ3v) is 5.01. The van der Waals surface area contributed by atoms with Crippen LogP contribution < -0.4 is 5.69 Å². The summed E-state index contributed by atoms with van der Waals surface area (Å²) in [5, 5.41) is 0. The van der Waals surface area contributed by atoms with Gasteiger partial charge in [0.15, 0.2) is 0 Å². The van der Waals surface area contributed by atoms with Crippen LogP contribution in [0.3, 0.4) is 0 Å². The predicted octanol–water partition coefficient (Wildman–Crippen LogP) is 3.68. The molecular formula is C16H25N3OS. The molecule has 1 saturated carbocycles. The molecule has 1 heterocycles. The van der Waals surface area contributed by atoms with Crippen molar-refractivity contribution in [1.29, 1.82) is 0 Å². The van der Waals surface area contributed by atoms with Crippen LogP contribution in [-0.2, 0) is 14.1 Å². The average Bonchev–Trinajstić information content (AvgIpc) is 3.30. The van der Waals surface area contributed by atoms with Crippen LogP contribution in [0.15, 0.2) is 9.79 Å². The van der Waals surface area contributed by atoms with Gasteiger partial charge in [-0.25, -0.2) is 9.79 Å². The molecular weight excluding hydrogens is 282 g/mol. The highest BCUT2D eigenvalue weighted by molar-refractivity contribution is 7.71. The fourth-order valence-electron chi connectivity index (χ4n) is 2.60. The summed E-state index contributed by atoms with van der Waals surface area (Å²) in [7, 11) is 3.46. The third-order valence-electron chi connectivity index (χ3n) is 4.43. The Morgan fingerprint density at radius 2 is 2.05 bits per heavy atom. The molecule has 0 saturated heterocycles. The van der Waals surface area contributed by atoms with Crippen molar-refractivity contribution >= 4 is 24.3 Å². The van der Waals surface area contributed by atoms with Crippen LogP contribution in [0.4, 0.5) is 5.82 Å². The Balaban J connectivity index is 2.22. The van der Waals surface area contributed by atoms with E-state index in [9.17, 15) is 4.79 Å². The maximum Gasteiger partial charge on any atom is 0.330 e. The Labute approximate surface area is 131 Å². The highest BCUT2D eigenvalue weighted by Crippen LogP contribution is 2.34. The normalized spacial score (nSPS) is 16.6. The molecule has 1 atom stereocenters. The lowest BCUT2D eigenvalue weighted by Gasteiger charge is -2.12. The van der Waals surface area contributed by atoms with E-state index < -0.39 is 0 Å². The van der Waals surface area contributed by atoms with Gasteiger partial charge in [0.1, 0.15) is 10.5 Å². The minimum atomic E-state index is -0.122. The van der Waals surface area contributed by atoms with E-state index in [4.69, 9.17) is 12.2 Å². The summed E-state index contributed by atoms with van der Waals surface area (Å²) >= 11 is 5.31. The number of aliphatic imine (C=N–C) groups is 1. The molecule has 0 aliphatic heterocycles. The van der Waals surface area contributed by atoms with Gasteiger partial charge in [-0.2, -0.15) is 0 Å². The second-order valence-electron chi connectivity index (χ2n) is 6.12. The SMILES string of the molecule is CCC(/C=N\c1c(C)c(=S)n(C)c(=O)n1C)CCC1CC1. The van der Waals surface area contributed by atoms with Crippen molar-refractivity contribution in [2.45, 2.75) is 46.0 Å². The van der Waals surface area contributed by atoms with Gasteiger partial charge in [-0.1, -0.05) is 32.0 Å². The van der Waals surface area contributed by atoms with Crippen molar-refractivity contribution < 1.29 is 0 Å². The number of hydrogen-bond acceptors (Lipinski definition) is 3. The first-order chi connectivity index (χ1) is 9.95. The van der Waals surface area contributed by atoms with E-state index in [1.807, 2.05) is 13.1 Å². The second-order valence-corrected chi connectivity index (χ2v) is 6.51. The molecule has 1 unspecified atom stereocenters. The molecule has 0 amide bonds. The Bertz CT molecular complexity index is 615. The molecule has 21 heavy (non-hydrogen) atoms. The van der Waals surface area contributed by atoms with Crippen LogP contribution in [0.1, 0.15) is 44.6 Å². The zero-order valence-corrected chi connectivity index (χ0v) is 14.2. The van der Waals surface area contributed by atoms with Crippen molar-refractivity contribution in [3.63, 3.8) is 0 Å². The monoisotopic (exact) mass is 307 g/mol. The summed E-state index contributed by atoms with van der Waals surface area (Å²) in [5.41, 5.74) is 0.770. The van der Waals surface area contributed by atoms with Gasteiger partial charge < -0.3 is 0 Å². The minimum absolute atomic E-state index is 0.122. The van der Waals surface area contributed by atoms with Crippen LogP contribution in [0.5, 0.6) is 0 Å². The van der Waals surface area contributed by atoms with Crippen molar-refractivity contribution in [3.8, 4) is 0 Å². The predicted molar refractivity (Wildman–Crippen MR) is 90.1 cm³/mol. The van der Waals surface area contributed by atoms with E-state index in [0.29, 0.717) is 16.4 Å². The van der Waals surface area contributed by atoms with Gasteiger partial charge in [-0.05, 0) is 38.0 Å². The van der Waals surface area contributed by atoms with Gasteiger partial charge in [0, 0.05) is 25.9 Å². The summed E-state index contributed by atoms with van der Waals surface area (Å²) < 4.78 is 3.64. The molecule has 1 aliphatic carbocycles. The molecule has 1 fully saturated rings. The van der Waals surface area contributed by atoms with Crippen LogP contribution in [0.2, 0.25) is 0 Å². The molecule has 4 nitrogen and oxygen atoms in total. The summed E-state index contributed by atoms with van der Waals surface area (Å²) in [5.74, 6) is 2.13. The maximum atomic E-state index is 12.1.